The van der Waals surface area contributed by atoms with E-state index in [2.05, 4.69) is 15.2 Å². The van der Waals surface area contributed by atoms with Crippen molar-refractivity contribution in [2.75, 3.05) is 0 Å². The normalized spacial score (nSPS) is 12.0. The molecule has 0 aliphatic rings. The lowest BCUT2D eigenvalue weighted by Gasteiger charge is -2.13. The van der Waals surface area contributed by atoms with Gasteiger partial charge >= 0.3 is 6.18 Å². The molecule has 8 heteroatoms. The van der Waals surface area contributed by atoms with E-state index in [-0.39, 0.29) is 11.3 Å². The van der Waals surface area contributed by atoms with Crippen molar-refractivity contribution in [3.05, 3.63) is 100 Å². The van der Waals surface area contributed by atoms with Gasteiger partial charge in [-0.1, -0.05) is 36.4 Å². The number of hydrogen-bond acceptors (Lipinski definition) is 3. The van der Waals surface area contributed by atoms with E-state index in [1.54, 1.807) is 12.1 Å². The van der Waals surface area contributed by atoms with E-state index < -0.39 is 17.3 Å². The van der Waals surface area contributed by atoms with Gasteiger partial charge in [0.25, 0.3) is 5.56 Å². The van der Waals surface area contributed by atoms with Gasteiger partial charge in [-0.3, -0.25) is 14.5 Å². The number of aromatic nitrogens is 4. The highest BCUT2D eigenvalue weighted by molar-refractivity contribution is 6.03. The molecule has 0 unspecified atom stereocenters. The molecular formula is C23H15F3N4O. The average Bonchev–Trinajstić information content (AvgIpc) is 3.18. The largest absolute Gasteiger partial charge is 0.416 e. The molecule has 5 rings (SSSR count). The summed E-state index contributed by atoms with van der Waals surface area (Å²) in [5, 5.41) is 8.18. The molecule has 0 saturated carbocycles. The smallest absolute Gasteiger partial charge is 0.281 e. The topological polar surface area (TPSA) is 63.6 Å². The molecule has 0 amide bonds. The minimum absolute atomic E-state index is 0.0947. The Balaban J connectivity index is 1.81. The van der Waals surface area contributed by atoms with E-state index in [0.29, 0.717) is 28.4 Å². The van der Waals surface area contributed by atoms with Gasteiger partial charge in [0.1, 0.15) is 11.2 Å². The van der Waals surface area contributed by atoms with E-state index in [4.69, 9.17) is 0 Å². The molecule has 154 valence electrons. The van der Waals surface area contributed by atoms with Gasteiger partial charge in [-0.2, -0.15) is 18.3 Å². The molecular weight excluding hydrogens is 405 g/mol. The molecule has 5 nitrogen and oxygen atoms in total. The van der Waals surface area contributed by atoms with Crippen LogP contribution in [-0.4, -0.2) is 19.7 Å². The first-order valence-corrected chi connectivity index (χ1v) is 9.52. The maximum absolute atomic E-state index is 13.6. The quantitative estimate of drug-likeness (QED) is 0.453. The molecule has 1 N–H and O–H groups in total. The number of hydrogen-bond donors (Lipinski definition) is 1. The predicted molar refractivity (Wildman–Crippen MR) is 111 cm³/mol. The molecule has 5 aromatic rings. The fraction of sp³-hybridized carbons (Fsp3) is 0.0870. The van der Waals surface area contributed by atoms with E-state index in [1.807, 2.05) is 30.3 Å². The van der Waals surface area contributed by atoms with Crippen molar-refractivity contribution >= 4 is 21.9 Å². The summed E-state index contributed by atoms with van der Waals surface area (Å²) in [6.45, 7) is 0. The number of nitrogens with zero attached hydrogens (tertiary/aromatic N) is 3. The van der Waals surface area contributed by atoms with Crippen LogP contribution in [0.4, 0.5) is 13.2 Å². The molecule has 0 radical (unpaired) electrons. The number of pyridine rings is 2. The van der Waals surface area contributed by atoms with E-state index in [0.717, 1.165) is 17.7 Å². The fourth-order valence-electron chi connectivity index (χ4n) is 3.76. The summed E-state index contributed by atoms with van der Waals surface area (Å²) < 4.78 is 41.1. The fourth-order valence-corrected chi connectivity index (χ4v) is 3.76. The van der Waals surface area contributed by atoms with Crippen molar-refractivity contribution < 1.29 is 13.2 Å². The van der Waals surface area contributed by atoms with Crippen LogP contribution in [0.25, 0.3) is 27.6 Å². The van der Waals surface area contributed by atoms with Crippen molar-refractivity contribution in [1.82, 2.24) is 19.7 Å². The Hall–Kier alpha value is -3.94. The van der Waals surface area contributed by atoms with Gasteiger partial charge in [0, 0.05) is 18.0 Å². The summed E-state index contributed by atoms with van der Waals surface area (Å²) in [6.07, 6.45) is -2.60. The predicted octanol–water partition coefficient (Wildman–Crippen LogP) is 4.87. The van der Waals surface area contributed by atoms with Crippen LogP contribution in [0.3, 0.4) is 0 Å². The lowest BCUT2D eigenvalue weighted by molar-refractivity contribution is -0.137. The minimum atomic E-state index is -4.53. The molecule has 0 aliphatic carbocycles. The summed E-state index contributed by atoms with van der Waals surface area (Å²) >= 11 is 0. The third-order valence-electron chi connectivity index (χ3n) is 5.17. The SMILES string of the molecule is O=c1c2c(Cc3ccccc3)[nH]nc2c2cccnc2n1-c1cccc(C(F)(F)F)c1. The molecule has 3 heterocycles. The third kappa shape index (κ3) is 3.26. The highest BCUT2D eigenvalue weighted by Crippen LogP contribution is 2.31. The maximum Gasteiger partial charge on any atom is 0.416 e. The van der Waals surface area contributed by atoms with Crippen LogP contribution < -0.4 is 5.56 Å². The number of halogens is 3. The Morgan fingerprint density at radius 3 is 2.55 bits per heavy atom. The van der Waals surface area contributed by atoms with Crippen LogP contribution in [0.5, 0.6) is 0 Å². The standard InChI is InChI=1S/C23H15F3N4O/c24-23(25,26)15-8-4-9-16(13-15)30-21-17(10-5-11-27-21)20-19(22(30)31)18(28-29-20)12-14-6-2-1-3-7-14/h1-11,13H,12H2,(H,28,29). The van der Waals surface area contributed by atoms with Crippen LogP contribution in [0.15, 0.2) is 77.7 Å². The van der Waals surface area contributed by atoms with Gasteiger partial charge in [-0.25, -0.2) is 4.98 Å². The van der Waals surface area contributed by atoms with E-state index in [9.17, 15) is 18.0 Å². The molecule has 0 saturated heterocycles. The van der Waals surface area contributed by atoms with Crippen molar-refractivity contribution in [2.45, 2.75) is 12.6 Å². The monoisotopic (exact) mass is 420 g/mol. The zero-order valence-corrected chi connectivity index (χ0v) is 16.0. The number of nitrogens with one attached hydrogen (secondary N) is 1. The van der Waals surface area contributed by atoms with Gasteiger partial charge < -0.3 is 0 Å². The summed E-state index contributed by atoms with van der Waals surface area (Å²) in [7, 11) is 0. The van der Waals surface area contributed by atoms with Crippen LogP contribution in [0, 0.1) is 0 Å². The van der Waals surface area contributed by atoms with Crippen LogP contribution in [-0.2, 0) is 12.6 Å². The molecule has 31 heavy (non-hydrogen) atoms. The van der Waals surface area contributed by atoms with Crippen molar-refractivity contribution in [3.63, 3.8) is 0 Å². The minimum Gasteiger partial charge on any atom is -0.281 e. The summed E-state index contributed by atoms with van der Waals surface area (Å²) in [5.41, 5.74) is 1.05. The number of aromatic amines is 1. The summed E-state index contributed by atoms with van der Waals surface area (Å²) in [4.78, 5) is 17.8. The van der Waals surface area contributed by atoms with Gasteiger partial charge in [0.15, 0.2) is 0 Å². The highest BCUT2D eigenvalue weighted by Gasteiger charge is 2.31. The van der Waals surface area contributed by atoms with Gasteiger partial charge in [0.2, 0.25) is 0 Å². The first-order chi connectivity index (χ1) is 14.9. The maximum atomic E-state index is 13.6. The van der Waals surface area contributed by atoms with Gasteiger partial charge in [-0.15, -0.1) is 0 Å². The van der Waals surface area contributed by atoms with Crippen LogP contribution >= 0.6 is 0 Å². The van der Waals surface area contributed by atoms with Crippen molar-refractivity contribution in [2.24, 2.45) is 0 Å². The van der Waals surface area contributed by atoms with E-state index in [1.165, 1.54) is 22.9 Å². The molecule has 3 aromatic heterocycles. The average molecular weight is 420 g/mol. The Morgan fingerprint density at radius 2 is 1.77 bits per heavy atom. The van der Waals surface area contributed by atoms with Gasteiger partial charge in [-0.05, 0) is 35.9 Å². The Morgan fingerprint density at radius 1 is 0.968 bits per heavy atom. The number of fused-ring (bicyclic) bond motifs is 3. The van der Waals surface area contributed by atoms with Crippen LogP contribution in [0.1, 0.15) is 16.8 Å². The number of H-pyrrole nitrogens is 1. The molecule has 0 bridgehead atoms. The van der Waals surface area contributed by atoms with Crippen molar-refractivity contribution in [3.8, 4) is 5.69 Å². The molecule has 0 spiro atoms. The third-order valence-corrected chi connectivity index (χ3v) is 5.17. The summed E-state index contributed by atoms with van der Waals surface area (Å²) in [6, 6.07) is 17.7. The number of alkyl halides is 3. The first-order valence-electron chi connectivity index (χ1n) is 9.52. The lowest BCUT2D eigenvalue weighted by Crippen LogP contribution is -2.21. The second kappa shape index (κ2) is 7.09. The Kier molecular flexibility index (Phi) is 4.35. The number of benzene rings is 2. The zero-order chi connectivity index (χ0) is 21.6. The number of rotatable bonds is 3. The highest BCUT2D eigenvalue weighted by atomic mass is 19.4. The molecule has 0 fully saturated rings. The Bertz CT molecular complexity index is 1470. The van der Waals surface area contributed by atoms with E-state index >= 15 is 0 Å². The second-order valence-corrected chi connectivity index (χ2v) is 7.15. The molecule has 0 aliphatic heterocycles. The lowest BCUT2D eigenvalue weighted by atomic mass is 10.1. The van der Waals surface area contributed by atoms with Gasteiger partial charge in [0.05, 0.1) is 22.3 Å². The first kappa shape index (κ1) is 19.0. The molecule has 2 aromatic carbocycles. The summed E-state index contributed by atoms with van der Waals surface area (Å²) in [5.74, 6) is 0. The zero-order valence-electron chi connectivity index (χ0n) is 16.0. The van der Waals surface area contributed by atoms with Crippen molar-refractivity contribution in [1.29, 1.82) is 0 Å². The van der Waals surface area contributed by atoms with Crippen LogP contribution in [0.2, 0.25) is 0 Å². The second-order valence-electron chi connectivity index (χ2n) is 7.15. The Labute approximate surface area is 173 Å². The molecule has 0 atom stereocenters.